The van der Waals surface area contributed by atoms with Crippen molar-refractivity contribution in [2.24, 2.45) is 5.10 Å². The van der Waals surface area contributed by atoms with E-state index >= 15 is 0 Å². The topological polar surface area (TPSA) is 132 Å². The normalized spacial score (nSPS) is 12.4. The molecular weight excluding hydrogens is 368 g/mol. The third-order valence-corrected chi connectivity index (χ3v) is 3.77. The predicted molar refractivity (Wildman–Crippen MR) is 99.5 cm³/mol. The molecule has 2 aromatic rings. The molecule has 0 fully saturated rings. The van der Waals surface area contributed by atoms with Crippen LogP contribution in [0.1, 0.15) is 23.7 Å². The Hall–Kier alpha value is -3.95. The number of fused-ring (bicyclic) bond motifs is 1. The lowest BCUT2D eigenvalue weighted by Crippen LogP contribution is -2.22. The summed E-state index contributed by atoms with van der Waals surface area (Å²) in [5.41, 5.74) is 2.64. The Labute approximate surface area is 159 Å². The number of ether oxygens (including phenoxy) is 2. The first-order valence-corrected chi connectivity index (χ1v) is 8.20. The van der Waals surface area contributed by atoms with Gasteiger partial charge in [-0.15, -0.1) is 0 Å². The first kappa shape index (κ1) is 18.8. The molecule has 0 radical (unpaired) electrons. The minimum Gasteiger partial charge on any atom is -0.454 e. The Morgan fingerprint density at radius 3 is 2.71 bits per heavy atom. The van der Waals surface area contributed by atoms with Crippen LogP contribution in [0.5, 0.6) is 11.5 Å². The minimum absolute atomic E-state index is 0.0778. The molecule has 28 heavy (non-hydrogen) atoms. The van der Waals surface area contributed by atoms with Crippen molar-refractivity contribution in [2.45, 2.75) is 13.3 Å². The van der Waals surface area contributed by atoms with E-state index in [4.69, 9.17) is 9.47 Å². The van der Waals surface area contributed by atoms with Gasteiger partial charge in [0.15, 0.2) is 11.5 Å². The first-order chi connectivity index (χ1) is 13.4. The van der Waals surface area contributed by atoms with E-state index in [1.54, 1.807) is 25.1 Å². The fourth-order valence-corrected chi connectivity index (χ4v) is 2.48. The van der Waals surface area contributed by atoms with Crippen LogP contribution in [0, 0.1) is 10.1 Å². The summed E-state index contributed by atoms with van der Waals surface area (Å²) in [5, 5.41) is 17.5. The van der Waals surface area contributed by atoms with Crippen LogP contribution in [0.3, 0.4) is 0 Å². The Morgan fingerprint density at radius 2 is 1.93 bits per heavy atom. The summed E-state index contributed by atoms with van der Waals surface area (Å²) < 4.78 is 10.4. The molecule has 144 valence electrons. The van der Waals surface area contributed by atoms with Crippen molar-refractivity contribution in [2.75, 3.05) is 12.1 Å². The highest BCUT2D eigenvalue weighted by Crippen LogP contribution is 2.34. The molecule has 10 heteroatoms. The van der Waals surface area contributed by atoms with Gasteiger partial charge in [0, 0.05) is 23.5 Å². The number of hydrogen-bond donors (Lipinski definition) is 2. The van der Waals surface area contributed by atoms with E-state index in [1.165, 1.54) is 24.3 Å². The third kappa shape index (κ3) is 4.41. The summed E-state index contributed by atoms with van der Waals surface area (Å²) in [7, 11) is 0. The first-order valence-electron chi connectivity index (χ1n) is 8.20. The van der Waals surface area contributed by atoms with Crippen LogP contribution in [0.2, 0.25) is 0 Å². The van der Waals surface area contributed by atoms with Crippen molar-refractivity contribution in [1.82, 2.24) is 5.43 Å². The lowest BCUT2D eigenvalue weighted by Gasteiger charge is -2.06. The summed E-state index contributed by atoms with van der Waals surface area (Å²) >= 11 is 0. The highest BCUT2D eigenvalue weighted by Gasteiger charge is 2.19. The Kier molecular flexibility index (Phi) is 5.49. The summed E-state index contributed by atoms with van der Waals surface area (Å²) in [6.07, 6.45) is -0.0778. The number of carbonyl (C=O) groups is 2. The summed E-state index contributed by atoms with van der Waals surface area (Å²) in [6.45, 7) is 1.69. The number of hydrogen-bond acceptors (Lipinski definition) is 7. The Morgan fingerprint density at radius 1 is 1.18 bits per heavy atom. The summed E-state index contributed by atoms with van der Waals surface area (Å²) in [4.78, 5) is 34.6. The number of carbonyl (C=O) groups excluding carboxylic acids is 2. The number of anilines is 1. The van der Waals surface area contributed by atoms with E-state index in [2.05, 4.69) is 15.8 Å². The second-order valence-corrected chi connectivity index (χ2v) is 5.86. The predicted octanol–water partition coefficient (Wildman–Crippen LogP) is 2.46. The van der Waals surface area contributed by atoms with E-state index in [0.29, 0.717) is 22.9 Å². The van der Waals surface area contributed by atoms with Crippen molar-refractivity contribution in [3.8, 4) is 11.5 Å². The van der Waals surface area contributed by atoms with Crippen LogP contribution in [-0.4, -0.2) is 29.2 Å². The number of nitrogens with zero attached hydrogens (tertiary/aromatic N) is 2. The summed E-state index contributed by atoms with van der Waals surface area (Å²) in [5.74, 6) is 0.0660. The molecule has 0 bridgehead atoms. The van der Waals surface area contributed by atoms with Gasteiger partial charge in [-0.1, -0.05) is 12.1 Å². The van der Waals surface area contributed by atoms with E-state index in [9.17, 15) is 19.7 Å². The van der Waals surface area contributed by atoms with Crippen LogP contribution in [-0.2, 0) is 4.79 Å². The van der Waals surface area contributed by atoms with Crippen molar-refractivity contribution in [1.29, 1.82) is 0 Å². The lowest BCUT2D eigenvalue weighted by molar-refractivity contribution is -0.385. The van der Waals surface area contributed by atoms with Crippen LogP contribution >= 0.6 is 0 Å². The lowest BCUT2D eigenvalue weighted by atomic mass is 10.2. The number of rotatable bonds is 6. The van der Waals surface area contributed by atoms with Crippen LogP contribution in [0.25, 0.3) is 0 Å². The van der Waals surface area contributed by atoms with E-state index in [-0.39, 0.29) is 30.4 Å². The fraction of sp³-hybridized carbons (Fsp3) is 0.167. The molecule has 0 saturated carbocycles. The molecule has 10 nitrogen and oxygen atoms in total. The maximum atomic E-state index is 12.1. The molecule has 0 atom stereocenters. The fourth-order valence-electron chi connectivity index (χ4n) is 2.48. The number of para-hydroxylation sites is 1. The number of nitrogens with one attached hydrogen (secondary N) is 2. The van der Waals surface area contributed by atoms with Gasteiger partial charge in [-0.25, -0.2) is 5.43 Å². The van der Waals surface area contributed by atoms with Gasteiger partial charge in [-0.3, -0.25) is 19.7 Å². The van der Waals surface area contributed by atoms with Gasteiger partial charge in [0.1, 0.15) is 5.56 Å². The van der Waals surface area contributed by atoms with E-state index < -0.39 is 10.8 Å². The number of hydrazone groups is 1. The highest BCUT2D eigenvalue weighted by molar-refractivity contribution is 6.06. The molecule has 0 spiro atoms. The Balaban J connectivity index is 1.57. The SMILES string of the molecule is C/C(CC(=O)Nc1ccc2c(c1)OCO2)=N/NC(=O)c1ccccc1[N+](=O)[O-]. The van der Waals surface area contributed by atoms with Crippen molar-refractivity contribution < 1.29 is 24.0 Å². The molecule has 3 rings (SSSR count). The number of nitro benzene ring substituents is 1. The zero-order chi connectivity index (χ0) is 20.1. The van der Waals surface area contributed by atoms with Crippen molar-refractivity contribution in [3.63, 3.8) is 0 Å². The van der Waals surface area contributed by atoms with Crippen LogP contribution in [0.15, 0.2) is 47.6 Å². The average Bonchev–Trinajstić information content (AvgIpc) is 3.13. The molecular formula is C18H16N4O6. The second kappa shape index (κ2) is 8.16. The van der Waals surface area contributed by atoms with E-state index in [1.807, 2.05) is 0 Å². The third-order valence-electron chi connectivity index (χ3n) is 3.77. The Bertz CT molecular complexity index is 972. The standard InChI is InChI=1S/C18H16N4O6/c1-11(20-21-18(24)13-4-2-3-5-14(13)22(25)26)8-17(23)19-12-6-7-15-16(9-12)28-10-27-15/h2-7,9H,8,10H2,1H3,(H,19,23)(H,21,24)/b20-11-. The molecule has 0 saturated heterocycles. The maximum absolute atomic E-state index is 12.1. The molecule has 1 aliphatic rings. The zero-order valence-electron chi connectivity index (χ0n) is 14.8. The molecule has 2 amide bonds. The van der Waals surface area contributed by atoms with Gasteiger partial charge in [0.25, 0.3) is 11.6 Å². The molecule has 0 unspecified atom stereocenters. The molecule has 0 aromatic heterocycles. The molecule has 1 heterocycles. The average molecular weight is 384 g/mol. The highest BCUT2D eigenvalue weighted by atomic mass is 16.7. The van der Waals surface area contributed by atoms with Crippen LogP contribution < -0.4 is 20.2 Å². The van der Waals surface area contributed by atoms with Gasteiger partial charge in [-0.05, 0) is 25.1 Å². The van der Waals surface area contributed by atoms with Gasteiger partial charge in [0.05, 0.1) is 11.3 Å². The molecule has 0 aliphatic carbocycles. The summed E-state index contributed by atoms with van der Waals surface area (Å²) in [6, 6.07) is 10.5. The molecule has 2 N–H and O–H groups in total. The van der Waals surface area contributed by atoms with Crippen molar-refractivity contribution >= 4 is 28.9 Å². The number of nitro groups is 1. The minimum atomic E-state index is -0.733. The van der Waals surface area contributed by atoms with Gasteiger partial charge in [0.2, 0.25) is 12.7 Å². The zero-order valence-corrected chi connectivity index (χ0v) is 14.8. The number of amides is 2. The van der Waals surface area contributed by atoms with Gasteiger partial charge >= 0.3 is 0 Å². The monoisotopic (exact) mass is 384 g/mol. The van der Waals surface area contributed by atoms with E-state index in [0.717, 1.165) is 0 Å². The smallest absolute Gasteiger partial charge is 0.282 e. The van der Waals surface area contributed by atoms with Crippen molar-refractivity contribution in [3.05, 3.63) is 58.1 Å². The largest absolute Gasteiger partial charge is 0.454 e. The van der Waals surface area contributed by atoms with Crippen LogP contribution in [0.4, 0.5) is 11.4 Å². The van der Waals surface area contributed by atoms with Gasteiger partial charge < -0.3 is 14.8 Å². The maximum Gasteiger partial charge on any atom is 0.282 e. The quantitative estimate of drug-likeness (QED) is 0.447. The van der Waals surface area contributed by atoms with Gasteiger partial charge in [-0.2, -0.15) is 5.10 Å². The molecule has 1 aliphatic heterocycles. The molecule has 2 aromatic carbocycles. The number of benzene rings is 2. The second-order valence-electron chi connectivity index (χ2n) is 5.86.